The standard InChI is InChI=1S/C6H11F2O/c1-6(7,8)4-2-3-5-9/h2-5H2,1H3. The lowest BCUT2D eigenvalue weighted by atomic mass is 10.2. The smallest absolute Gasteiger partial charge is 0.237 e. The van der Waals surface area contributed by atoms with Gasteiger partial charge in [-0.25, -0.2) is 13.9 Å². The van der Waals surface area contributed by atoms with Crippen molar-refractivity contribution in [3.05, 3.63) is 0 Å². The average Bonchev–Trinajstić information content (AvgIpc) is 1.63. The molecule has 0 N–H and O–H groups in total. The van der Waals surface area contributed by atoms with E-state index in [1.165, 1.54) is 0 Å². The molecular weight excluding hydrogens is 126 g/mol. The average molecular weight is 137 g/mol. The molecular formula is C6H11F2O. The first kappa shape index (κ1) is 8.82. The van der Waals surface area contributed by atoms with Gasteiger partial charge in [0, 0.05) is 6.42 Å². The first-order valence-electron chi connectivity index (χ1n) is 3.02. The highest BCUT2D eigenvalue weighted by molar-refractivity contribution is 4.56. The van der Waals surface area contributed by atoms with Crippen LogP contribution in [0, 0.1) is 0 Å². The molecule has 0 saturated carbocycles. The van der Waals surface area contributed by atoms with Crippen LogP contribution in [0.3, 0.4) is 0 Å². The van der Waals surface area contributed by atoms with Crippen molar-refractivity contribution in [2.24, 2.45) is 0 Å². The number of hydrogen-bond acceptors (Lipinski definition) is 0. The summed E-state index contributed by atoms with van der Waals surface area (Å²) in [6.07, 6.45) is 0.547. The van der Waals surface area contributed by atoms with E-state index in [9.17, 15) is 13.9 Å². The lowest BCUT2D eigenvalue weighted by Gasteiger charge is -2.07. The van der Waals surface area contributed by atoms with Gasteiger partial charge in [-0.1, -0.05) is 0 Å². The van der Waals surface area contributed by atoms with Gasteiger partial charge in [-0.15, -0.1) is 0 Å². The van der Waals surface area contributed by atoms with Crippen LogP contribution >= 0.6 is 0 Å². The largest absolute Gasteiger partial charge is 0.245 e. The van der Waals surface area contributed by atoms with E-state index in [0.717, 1.165) is 6.92 Å². The minimum atomic E-state index is -2.59. The van der Waals surface area contributed by atoms with Crippen molar-refractivity contribution in [3.63, 3.8) is 0 Å². The molecule has 0 aromatic carbocycles. The van der Waals surface area contributed by atoms with E-state index in [2.05, 4.69) is 0 Å². The summed E-state index contributed by atoms with van der Waals surface area (Å²) >= 11 is 0. The summed E-state index contributed by atoms with van der Waals surface area (Å²) in [6, 6.07) is 0. The van der Waals surface area contributed by atoms with Gasteiger partial charge in [-0.2, -0.15) is 0 Å². The molecule has 0 aliphatic carbocycles. The zero-order valence-electron chi connectivity index (χ0n) is 5.49. The van der Waals surface area contributed by atoms with Crippen LogP contribution in [0.1, 0.15) is 26.2 Å². The second kappa shape index (κ2) is 3.77. The highest BCUT2D eigenvalue weighted by atomic mass is 19.3. The second-order valence-corrected chi connectivity index (χ2v) is 2.23. The van der Waals surface area contributed by atoms with Crippen molar-refractivity contribution in [1.29, 1.82) is 0 Å². The summed E-state index contributed by atoms with van der Waals surface area (Å²) in [5.74, 6) is -2.59. The first-order chi connectivity index (χ1) is 4.06. The molecule has 9 heavy (non-hydrogen) atoms. The minimum Gasteiger partial charge on any atom is -0.237 e. The lowest BCUT2D eigenvalue weighted by Crippen LogP contribution is -2.08. The van der Waals surface area contributed by atoms with Crippen molar-refractivity contribution in [1.82, 2.24) is 0 Å². The van der Waals surface area contributed by atoms with Gasteiger partial charge in [0.05, 0.1) is 6.61 Å². The monoisotopic (exact) mass is 137 g/mol. The Labute approximate surface area is 53.7 Å². The second-order valence-electron chi connectivity index (χ2n) is 2.23. The normalized spacial score (nSPS) is 12.0. The minimum absolute atomic E-state index is 0.157. The van der Waals surface area contributed by atoms with Gasteiger partial charge in [0.2, 0.25) is 5.92 Å². The number of halogens is 2. The molecule has 0 saturated heterocycles. The summed E-state index contributed by atoms with van der Waals surface area (Å²) in [7, 11) is 0. The van der Waals surface area contributed by atoms with E-state index >= 15 is 0 Å². The predicted octanol–water partition coefficient (Wildman–Crippen LogP) is 2.24. The van der Waals surface area contributed by atoms with Crippen LogP contribution < -0.4 is 0 Å². The molecule has 0 atom stereocenters. The predicted molar refractivity (Wildman–Crippen MR) is 30.0 cm³/mol. The molecule has 0 unspecified atom stereocenters. The van der Waals surface area contributed by atoms with Crippen LogP contribution in [0.2, 0.25) is 0 Å². The summed E-state index contributed by atoms with van der Waals surface area (Å²) in [5, 5.41) is 9.77. The van der Waals surface area contributed by atoms with Crippen LogP contribution in [-0.2, 0) is 5.11 Å². The molecule has 0 heterocycles. The Bertz CT molecular complexity index is 67.9. The molecule has 0 amide bonds. The van der Waals surface area contributed by atoms with Crippen LogP contribution in [-0.4, -0.2) is 12.5 Å². The molecule has 1 nitrogen and oxygen atoms in total. The first-order valence-corrected chi connectivity index (χ1v) is 3.02. The fourth-order valence-corrected chi connectivity index (χ4v) is 0.537. The third-order valence-corrected chi connectivity index (χ3v) is 1.01. The van der Waals surface area contributed by atoms with E-state index in [0.29, 0.717) is 12.8 Å². The Morgan fingerprint density at radius 3 is 2.22 bits per heavy atom. The fourth-order valence-electron chi connectivity index (χ4n) is 0.537. The molecule has 0 aromatic heterocycles. The van der Waals surface area contributed by atoms with E-state index in [4.69, 9.17) is 0 Å². The lowest BCUT2D eigenvalue weighted by molar-refractivity contribution is 0.00869. The Balaban J connectivity index is 3.07. The van der Waals surface area contributed by atoms with E-state index in [1.54, 1.807) is 0 Å². The summed E-state index contributed by atoms with van der Waals surface area (Å²) in [4.78, 5) is 0. The van der Waals surface area contributed by atoms with Crippen molar-refractivity contribution in [2.75, 3.05) is 6.61 Å². The van der Waals surface area contributed by atoms with Gasteiger partial charge >= 0.3 is 0 Å². The van der Waals surface area contributed by atoms with E-state index < -0.39 is 5.92 Å². The van der Waals surface area contributed by atoms with Crippen molar-refractivity contribution in [3.8, 4) is 0 Å². The third kappa shape index (κ3) is 7.82. The summed E-state index contributed by atoms with van der Waals surface area (Å²) in [5.41, 5.74) is 0. The Morgan fingerprint density at radius 1 is 1.33 bits per heavy atom. The molecule has 3 heteroatoms. The van der Waals surface area contributed by atoms with E-state index in [1.807, 2.05) is 0 Å². The number of alkyl halides is 2. The summed E-state index contributed by atoms with van der Waals surface area (Å²) in [6.45, 7) is 0.633. The molecule has 0 spiro atoms. The maximum Gasteiger partial charge on any atom is 0.245 e. The highest BCUT2D eigenvalue weighted by Crippen LogP contribution is 2.19. The molecule has 0 aromatic rings. The fraction of sp³-hybridized carbons (Fsp3) is 1.00. The molecule has 0 aliphatic rings. The number of rotatable bonds is 4. The van der Waals surface area contributed by atoms with Gasteiger partial charge in [0.1, 0.15) is 0 Å². The topological polar surface area (TPSA) is 19.9 Å². The molecule has 0 fully saturated rings. The third-order valence-electron chi connectivity index (χ3n) is 1.01. The molecule has 0 bridgehead atoms. The highest BCUT2D eigenvalue weighted by Gasteiger charge is 2.19. The molecule has 1 radical (unpaired) electrons. The van der Waals surface area contributed by atoms with Crippen LogP contribution in [0.15, 0.2) is 0 Å². The number of unbranched alkanes of at least 4 members (excludes halogenated alkanes) is 1. The van der Waals surface area contributed by atoms with Gasteiger partial charge in [-0.3, -0.25) is 0 Å². The zero-order chi connectivity index (χ0) is 7.33. The van der Waals surface area contributed by atoms with E-state index in [-0.39, 0.29) is 13.0 Å². The quantitative estimate of drug-likeness (QED) is 0.529. The molecule has 55 valence electrons. The molecule has 0 aliphatic heterocycles. The van der Waals surface area contributed by atoms with Gasteiger partial charge in [0.15, 0.2) is 0 Å². The van der Waals surface area contributed by atoms with Gasteiger partial charge in [0.25, 0.3) is 0 Å². The maximum absolute atomic E-state index is 11.9. The Morgan fingerprint density at radius 2 is 1.89 bits per heavy atom. The van der Waals surface area contributed by atoms with Gasteiger partial charge in [-0.05, 0) is 19.8 Å². The van der Waals surface area contributed by atoms with Crippen LogP contribution in [0.25, 0.3) is 0 Å². The van der Waals surface area contributed by atoms with Gasteiger partial charge < -0.3 is 0 Å². The van der Waals surface area contributed by atoms with Crippen molar-refractivity contribution >= 4 is 0 Å². The Kier molecular flexibility index (Phi) is 3.70. The van der Waals surface area contributed by atoms with Crippen LogP contribution in [0.4, 0.5) is 8.78 Å². The van der Waals surface area contributed by atoms with Crippen molar-refractivity contribution < 1.29 is 13.9 Å². The maximum atomic E-state index is 11.9. The summed E-state index contributed by atoms with van der Waals surface area (Å²) < 4.78 is 23.9. The number of hydrogen-bond donors (Lipinski definition) is 0. The van der Waals surface area contributed by atoms with Crippen molar-refractivity contribution in [2.45, 2.75) is 32.1 Å². The zero-order valence-corrected chi connectivity index (χ0v) is 5.49. The SMILES string of the molecule is CC(F)(F)CCCC[O]. The Hall–Kier alpha value is -0.180. The van der Waals surface area contributed by atoms with Crippen LogP contribution in [0.5, 0.6) is 0 Å². The molecule has 0 rings (SSSR count).